The van der Waals surface area contributed by atoms with Crippen LogP contribution in [-0.4, -0.2) is 20.7 Å². The molecule has 0 aliphatic rings. The molecule has 0 amide bonds. The first-order chi connectivity index (χ1) is 9.11. The molecule has 0 atom stereocenters. The lowest BCUT2D eigenvalue weighted by Gasteiger charge is -2.01. The van der Waals surface area contributed by atoms with Crippen LogP contribution >= 0.6 is 0 Å². The van der Waals surface area contributed by atoms with Gasteiger partial charge in [0, 0.05) is 18.1 Å². The quantitative estimate of drug-likeness (QED) is 0.606. The minimum absolute atomic E-state index is 0.0270. The van der Waals surface area contributed by atoms with Crippen LogP contribution in [0.2, 0.25) is 0 Å². The number of aromatic nitrogens is 3. The highest BCUT2D eigenvalue weighted by Gasteiger charge is 2.15. The van der Waals surface area contributed by atoms with E-state index >= 15 is 0 Å². The molecule has 5 heteroatoms. The summed E-state index contributed by atoms with van der Waals surface area (Å²) in [6, 6.07) is 7.22. The molecule has 0 saturated heterocycles. The van der Waals surface area contributed by atoms with Gasteiger partial charge in [-0.2, -0.15) is 10.4 Å². The number of nitriles is 1. The number of carbonyl (C=O) groups excluding carboxylic acids is 1. The zero-order chi connectivity index (χ0) is 13.8. The normalized spacial score (nSPS) is 11.1. The Kier molecular flexibility index (Phi) is 3.53. The summed E-state index contributed by atoms with van der Waals surface area (Å²) >= 11 is 0. The molecular weight excluding hydrogens is 240 g/mol. The number of allylic oxidation sites excluding steroid dienone is 1. The van der Waals surface area contributed by atoms with Gasteiger partial charge in [0.25, 0.3) is 5.91 Å². The predicted molar refractivity (Wildman–Crippen MR) is 70.2 cm³/mol. The maximum Gasteiger partial charge on any atom is 0.289 e. The molecule has 0 radical (unpaired) electrons. The molecule has 2 aromatic rings. The molecule has 0 N–H and O–H groups in total. The van der Waals surface area contributed by atoms with E-state index in [2.05, 4.69) is 10.1 Å². The third kappa shape index (κ3) is 2.75. The number of pyridine rings is 1. The van der Waals surface area contributed by atoms with Gasteiger partial charge in [-0.25, -0.2) is 4.68 Å². The lowest BCUT2D eigenvalue weighted by atomic mass is 10.1. The Labute approximate surface area is 110 Å². The summed E-state index contributed by atoms with van der Waals surface area (Å²) < 4.78 is 1.24. The van der Waals surface area contributed by atoms with Crippen LogP contribution in [-0.2, 0) is 0 Å². The van der Waals surface area contributed by atoms with Gasteiger partial charge < -0.3 is 0 Å². The lowest BCUT2D eigenvalue weighted by molar-refractivity contribution is 0.0944. The molecular formula is C14H12N4O. The van der Waals surface area contributed by atoms with E-state index in [0.717, 1.165) is 5.69 Å². The molecule has 0 unspecified atom stereocenters. The van der Waals surface area contributed by atoms with Gasteiger partial charge in [0.1, 0.15) is 11.6 Å². The van der Waals surface area contributed by atoms with Crippen LogP contribution in [0.1, 0.15) is 21.7 Å². The Hall–Kier alpha value is -2.74. The van der Waals surface area contributed by atoms with Crippen molar-refractivity contribution in [1.29, 1.82) is 5.26 Å². The fourth-order valence-corrected chi connectivity index (χ4v) is 1.72. The van der Waals surface area contributed by atoms with Crippen molar-refractivity contribution in [3.8, 4) is 6.07 Å². The van der Waals surface area contributed by atoms with Gasteiger partial charge in [-0.05, 0) is 37.6 Å². The maximum absolute atomic E-state index is 12.2. The summed E-state index contributed by atoms with van der Waals surface area (Å²) in [6.07, 6.45) is 4.73. The van der Waals surface area contributed by atoms with E-state index < -0.39 is 5.91 Å². The topological polar surface area (TPSA) is 71.6 Å². The summed E-state index contributed by atoms with van der Waals surface area (Å²) in [7, 11) is 0. The third-order valence-corrected chi connectivity index (χ3v) is 2.55. The summed E-state index contributed by atoms with van der Waals surface area (Å²) in [5, 5.41) is 13.2. The van der Waals surface area contributed by atoms with Gasteiger partial charge in [0.2, 0.25) is 0 Å². The Balaban J connectivity index is 2.39. The van der Waals surface area contributed by atoms with Crippen molar-refractivity contribution in [1.82, 2.24) is 14.8 Å². The number of nitrogens with zero attached hydrogens (tertiary/aromatic N) is 4. The van der Waals surface area contributed by atoms with E-state index in [4.69, 9.17) is 5.26 Å². The first-order valence-electron chi connectivity index (χ1n) is 5.71. The number of rotatable bonds is 2. The summed E-state index contributed by atoms with van der Waals surface area (Å²) in [5.74, 6) is -0.433. The van der Waals surface area contributed by atoms with Crippen LogP contribution in [0.15, 0.2) is 36.2 Å². The standard InChI is InChI=1S/C14H12N4O/c1-10-6-11(2)18(17-10)14(19)13(8-15)7-12-4-3-5-16-9-12/h3-7,9H,1-2H3/b13-7+. The number of aryl methyl sites for hydroxylation is 2. The third-order valence-electron chi connectivity index (χ3n) is 2.55. The number of hydrogen-bond acceptors (Lipinski definition) is 4. The highest BCUT2D eigenvalue weighted by molar-refractivity contribution is 6.03. The van der Waals surface area contributed by atoms with Crippen molar-refractivity contribution in [2.75, 3.05) is 0 Å². The van der Waals surface area contributed by atoms with Gasteiger partial charge >= 0.3 is 0 Å². The molecule has 2 heterocycles. The zero-order valence-electron chi connectivity index (χ0n) is 10.7. The highest BCUT2D eigenvalue weighted by atomic mass is 16.2. The molecule has 19 heavy (non-hydrogen) atoms. The van der Waals surface area contributed by atoms with Gasteiger partial charge in [-0.1, -0.05) is 6.07 Å². The average Bonchev–Trinajstić information content (AvgIpc) is 2.75. The summed E-state index contributed by atoms with van der Waals surface area (Å²) in [5.41, 5.74) is 2.17. The van der Waals surface area contributed by atoms with Gasteiger partial charge in [-0.15, -0.1) is 0 Å². The highest BCUT2D eigenvalue weighted by Crippen LogP contribution is 2.10. The van der Waals surface area contributed by atoms with Crippen molar-refractivity contribution in [2.45, 2.75) is 13.8 Å². The van der Waals surface area contributed by atoms with Crippen LogP contribution < -0.4 is 0 Å². The molecule has 0 fully saturated rings. The van der Waals surface area contributed by atoms with E-state index in [1.807, 2.05) is 6.07 Å². The molecule has 2 aromatic heterocycles. The molecule has 0 aliphatic heterocycles. The van der Waals surface area contributed by atoms with Crippen molar-refractivity contribution >= 4 is 12.0 Å². The minimum Gasteiger partial charge on any atom is -0.266 e. The van der Waals surface area contributed by atoms with Crippen molar-refractivity contribution in [3.05, 3.63) is 53.1 Å². The van der Waals surface area contributed by atoms with E-state index in [1.165, 1.54) is 10.8 Å². The minimum atomic E-state index is -0.433. The van der Waals surface area contributed by atoms with Gasteiger partial charge in [-0.3, -0.25) is 9.78 Å². The average molecular weight is 252 g/mol. The van der Waals surface area contributed by atoms with Crippen molar-refractivity contribution in [2.24, 2.45) is 0 Å². The van der Waals surface area contributed by atoms with Crippen molar-refractivity contribution < 1.29 is 4.79 Å². The largest absolute Gasteiger partial charge is 0.289 e. The molecule has 0 spiro atoms. The molecule has 5 nitrogen and oxygen atoms in total. The van der Waals surface area contributed by atoms with E-state index in [1.54, 1.807) is 44.4 Å². The van der Waals surface area contributed by atoms with Crippen LogP contribution in [0.4, 0.5) is 0 Å². The van der Waals surface area contributed by atoms with E-state index in [-0.39, 0.29) is 5.57 Å². The van der Waals surface area contributed by atoms with E-state index in [0.29, 0.717) is 11.3 Å². The SMILES string of the molecule is Cc1cc(C)n(C(=O)/C(C#N)=C/c2cccnc2)n1. The molecule has 0 aliphatic carbocycles. The van der Waals surface area contributed by atoms with Crippen LogP contribution in [0.25, 0.3) is 6.08 Å². The number of hydrogen-bond donors (Lipinski definition) is 0. The Bertz CT molecular complexity index is 677. The maximum atomic E-state index is 12.2. The first-order valence-corrected chi connectivity index (χ1v) is 5.71. The molecule has 0 bridgehead atoms. The fraction of sp³-hybridized carbons (Fsp3) is 0.143. The fourth-order valence-electron chi connectivity index (χ4n) is 1.72. The molecule has 2 rings (SSSR count). The smallest absolute Gasteiger partial charge is 0.266 e. The molecule has 0 aromatic carbocycles. The zero-order valence-corrected chi connectivity index (χ0v) is 10.7. The van der Waals surface area contributed by atoms with Crippen molar-refractivity contribution in [3.63, 3.8) is 0 Å². The molecule has 94 valence electrons. The summed E-state index contributed by atoms with van der Waals surface area (Å²) in [6.45, 7) is 3.57. The van der Waals surface area contributed by atoms with E-state index in [9.17, 15) is 4.79 Å². The molecule has 0 saturated carbocycles. The Morgan fingerprint density at radius 1 is 1.47 bits per heavy atom. The van der Waals surface area contributed by atoms with Gasteiger partial charge in [0.15, 0.2) is 0 Å². The monoisotopic (exact) mass is 252 g/mol. The predicted octanol–water partition coefficient (Wildman–Crippen LogP) is 2.14. The van der Waals surface area contributed by atoms with Crippen LogP contribution in [0, 0.1) is 25.2 Å². The second-order valence-corrected chi connectivity index (χ2v) is 4.10. The lowest BCUT2D eigenvalue weighted by Crippen LogP contribution is -2.15. The second kappa shape index (κ2) is 5.27. The van der Waals surface area contributed by atoms with Gasteiger partial charge in [0.05, 0.1) is 5.69 Å². The van der Waals surface area contributed by atoms with Crippen LogP contribution in [0.3, 0.4) is 0 Å². The first kappa shape index (κ1) is 12.7. The Morgan fingerprint density at radius 3 is 2.79 bits per heavy atom. The second-order valence-electron chi connectivity index (χ2n) is 4.10. The van der Waals surface area contributed by atoms with Crippen LogP contribution in [0.5, 0.6) is 0 Å². The Morgan fingerprint density at radius 2 is 2.26 bits per heavy atom. The summed E-state index contributed by atoms with van der Waals surface area (Å²) in [4.78, 5) is 16.1. The number of carbonyl (C=O) groups is 1.